The lowest BCUT2D eigenvalue weighted by Gasteiger charge is -2.04. The Balaban J connectivity index is 1.70. The van der Waals surface area contributed by atoms with Crippen molar-refractivity contribution in [3.63, 3.8) is 0 Å². The second-order valence-corrected chi connectivity index (χ2v) is 6.16. The summed E-state index contributed by atoms with van der Waals surface area (Å²) in [5.74, 6) is -0.0701. The van der Waals surface area contributed by atoms with Crippen molar-refractivity contribution in [2.75, 3.05) is 0 Å². The van der Waals surface area contributed by atoms with Gasteiger partial charge in [-0.25, -0.2) is 9.79 Å². The molecule has 26 heavy (non-hydrogen) atoms. The van der Waals surface area contributed by atoms with Crippen LogP contribution in [0.1, 0.15) is 18.1 Å². The smallest absolute Gasteiger partial charge is 0.363 e. The summed E-state index contributed by atoms with van der Waals surface area (Å²) in [6.45, 7) is 1.94. The monoisotopic (exact) mass is 339 g/mol. The molecule has 1 heterocycles. The van der Waals surface area contributed by atoms with E-state index in [-0.39, 0.29) is 0 Å². The largest absolute Gasteiger partial charge is 0.402 e. The number of carbonyl (C=O) groups is 1. The molecule has 0 saturated heterocycles. The first kappa shape index (κ1) is 16.0. The van der Waals surface area contributed by atoms with Gasteiger partial charge in [0.1, 0.15) is 0 Å². The Morgan fingerprint density at radius 2 is 1.65 bits per heavy atom. The minimum atomic E-state index is -0.422. The van der Waals surface area contributed by atoms with Crippen LogP contribution in [0, 0.1) is 0 Å². The average Bonchev–Trinajstić information content (AvgIpc) is 3.02. The maximum absolute atomic E-state index is 12.2. The highest BCUT2D eigenvalue weighted by molar-refractivity contribution is 6.16. The Labute approximate surface area is 152 Å². The van der Waals surface area contributed by atoms with Gasteiger partial charge in [0.15, 0.2) is 5.70 Å². The average molecular weight is 339 g/mol. The molecule has 1 aliphatic rings. The van der Waals surface area contributed by atoms with Crippen LogP contribution in [0.15, 0.2) is 95.1 Å². The van der Waals surface area contributed by atoms with Gasteiger partial charge in [0.25, 0.3) is 0 Å². The van der Waals surface area contributed by atoms with Gasteiger partial charge >= 0.3 is 5.97 Å². The van der Waals surface area contributed by atoms with Crippen LogP contribution in [0.2, 0.25) is 0 Å². The van der Waals surface area contributed by atoms with Crippen molar-refractivity contribution in [1.29, 1.82) is 0 Å². The molecule has 3 nitrogen and oxygen atoms in total. The lowest BCUT2D eigenvalue weighted by atomic mass is 10.0. The van der Waals surface area contributed by atoms with Crippen LogP contribution < -0.4 is 0 Å². The standard InChI is InChI=1S/C23H17NO2/c1-16(14-17-8-3-2-4-9-17)15-21-23(25)26-22(24-21)20-13-7-11-18-10-5-6-12-19(18)20/h2-15H,1H3/b16-14+,21-15-. The van der Waals surface area contributed by atoms with E-state index in [1.54, 1.807) is 6.08 Å². The molecule has 0 bridgehead atoms. The number of allylic oxidation sites excluding steroid dienone is 2. The van der Waals surface area contributed by atoms with Crippen LogP contribution in [0.4, 0.5) is 0 Å². The lowest BCUT2D eigenvalue weighted by Crippen LogP contribution is -2.05. The van der Waals surface area contributed by atoms with E-state index in [1.807, 2.05) is 85.8 Å². The molecule has 0 saturated carbocycles. The van der Waals surface area contributed by atoms with E-state index in [0.29, 0.717) is 11.6 Å². The van der Waals surface area contributed by atoms with Gasteiger partial charge in [-0.2, -0.15) is 0 Å². The fourth-order valence-corrected chi connectivity index (χ4v) is 3.01. The van der Waals surface area contributed by atoms with Gasteiger partial charge in [0.2, 0.25) is 5.90 Å². The predicted molar refractivity (Wildman–Crippen MR) is 105 cm³/mol. The van der Waals surface area contributed by atoms with Crippen LogP contribution in [-0.2, 0) is 9.53 Å². The van der Waals surface area contributed by atoms with Gasteiger partial charge in [-0.3, -0.25) is 0 Å². The second-order valence-electron chi connectivity index (χ2n) is 6.16. The molecule has 0 amide bonds. The lowest BCUT2D eigenvalue weighted by molar-refractivity contribution is -0.130. The molecule has 0 unspecified atom stereocenters. The van der Waals surface area contributed by atoms with Crippen molar-refractivity contribution in [1.82, 2.24) is 0 Å². The minimum absolute atomic E-state index is 0.317. The Hall–Kier alpha value is -3.46. The van der Waals surface area contributed by atoms with Crippen molar-refractivity contribution in [2.24, 2.45) is 4.99 Å². The Morgan fingerprint density at radius 1 is 0.923 bits per heavy atom. The van der Waals surface area contributed by atoms with Gasteiger partial charge < -0.3 is 4.74 Å². The van der Waals surface area contributed by atoms with E-state index in [4.69, 9.17) is 4.74 Å². The zero-order chi connectivity index (χ0) is 17.9. The summed E-state index contributed by atoms with van der Waals surface area (Å²) < 4.78 is 5.43. The van der Waals surface area contributed by atoms with E-state index in [1.165, 1.54) is 0 Å². The van der Waals surface area contributed by atoms with E-state index < -0.39 is 5.97 Å². The number of esters is 1. The number of fused-ring (bicyclic) bond motifs is 1. The Morgan fingerprint density at radius 3 is 2.50 bits per heavy atom. The van der Waals surface area contributed by atoms with Gasteiger partial charge in [-0.1, -0.05) is 72.8 Å². The summed E-state index contributed by atoms with van der Waals surface area (Å²) in [5, 5.41) is 2.10. The van der Waals surface area contributed by atoms with Crippen molar-refractivity contribution in [3.05, 3.63) is 101 Å². The topological polar surface area (TPSA) is 38.7 Å². The van der Waals surface area contributed by atoms with Crippen LogP contribution >= 0.6 is 0 Å². The van der Waals surface area contributed by atoms with Gasteiger partial charge in [-0.05, 0) is 41.0 Å². The zero-order valence-corrected chi connectivity index (χ0v) is 14.3. The number of rotatable bonds is 3. The van der Waals surface area contributed by atoms with Gasteiger partial charge in [0, 0.05) is 5.56 Å². The number of nitrogens with zero attached hydrogens (tertiary/aromatic N) is 1. The number of carbonyl (C=O) groups excluding carboxylic acids is 1. The third-order valence-electron chi connectivity index (χ3n) is 4.20. The number of cyclic esters (lactones) is 1. The highest BCUT2D eigenvalue weighted by atomic mass is 16.6. The van der Waals surface area contributed by atoms with Crippen molar-refractivity contribution < 1.29 is 9.53 Å². The highest BCUT2D eigenvalue weighted by Gasteiger charge is 2.25. The van der Waals surface area contributed by atoms with E-state index >= 15 is 0 Å². The number of aliphatic imine (C=N–C) groups is 1. The quantitative estimate of drug-likeness (QED) is 0.490. The number of hydrogen-bond donors (Lipinski definition) is 0. The highest BCUT2D eigenvalue weighted by Crippen LogP contribution is 2.24. The first-order valence-corrected chi connectivity index (χ1v) is 8.45. The summed E-state index contributed by atoms with van der Waals surface area (Å²) in [4.78, 5) is 16.7. The van der Waals surface area contributed by atoms with E-state index in [9.17, 15) is 4.79 Å². The molecule has 1 aliphatic heterocycles. The third-order valence-corrected chi connectivity index (χ3v) is 4.20. The molecule has 0 atom stereocenters. The first-order chi connectivity index (χ1) is 12.7. The summed E-state index contributed by atoms with van der Waals surface area (Å²) in [7, 11) is 0. The summed E-state index contributed by atoms with van der Waals surface area (Å²) >= 11 is 0. The van der Waals surface area contributed by atoms with E-state index in [2.05, 4.69) is 4.99 Å². The Bertz CT molecular complexity index is 1070. The van der Waals surface area contributed by atoms with Crippen LogP contribution in [-0.4, -0.2) is 11.9 Å². The van der Waals surface area contributed by atoms with Crippen molar-refractivity contribution >= 4 is 28.7 Å². The molecule has 0 aliphatic carbocycles. The molecule has 0 fully saturated rings. The molecule has 3 aromatic carbocycles. The molecule has 0 radical (unpaired) electrons. The van der Waals surface area contributed by atoms with E-state index in [0.717, 1.165) is 27.5 Å². The second kappa shape index (κ2) is 6.81. The number of hydrogen-bond acceptors (Lipinski definition) is 3. The molecule has 3 aromatic rings. The van der Waals surface area contributed by atoms with Crippen LogP contribution in [0.3, 0.4) is 0 Å². The summed E-state index contributed by atoms with van der Waals surface area (Å²) in [5.41, 5.74) is 3.15. The molecular weight excluding hydrogens is 322 g/mol. The predicted octanol–water partition coefficient (Wildman–Crippen LogP) is 5.13. The van der Waals surface area contributed by atoms with Crippen molar-refractivity contribution in [3.8, 4) is 0 Å². The molecular formula is C23H17NO2. The normalized spacial score (nSPS) is 16.0. The molecule has 3 heteroatoms. The van der Waals surface area contributed by atoms with Gasteiger partial charge in [0.05, 0.1) is 0 Å². The zero-order valence-electron chi connectivity index (χ0n) is 14.3. The van der Waals surface area contributed by atoms with Gasteiger partial charge in [-0.15, -0.1) is 0 Å². The molecule has 0 spiro atoms. The summed E-state index contributed by atoms with van der Waals surface area (Å²) in [6, 6.07) is 23.8. The SMILES string of the molecule is CC(/C=C1\N=C(c2cccc3ccccc23)OC1=O)=C\c1ccccc1. The Kier molecular flexibility index (Phi) is 4.20. The van der Waals surface area contributed by atoms with Crippen molar-refractivity contribution in [2.45, 2.75) is 6.92 Å². The van der Waals surface area contributed by atoms with Crippen LogP contribution in [0.25, 0.3) is 16.8 Å². The number of ether oxygens (including phenoxy) is 1. The molecule has 0 aromatic heterocycles. The summed E-state index contributed by atoms with van der Waals surface area (Å²) in [6.07, 6.45) is 3.76. The minimum Gasteiger partial charge on any atom is -0.402 e. The maximum atomic E-state index is 12.2. The molecule has 4 rings (SSSR count). The molecule has 0 N–H and O–H groups in total. The first-order valence-electron chi connectivity index (χ1n) is 8.45. The number of benzene rings is 3. The molecule has 126 valence electrons. The third kappa shape index (κ3) is 3.20. The maximum Gasteiger partial charge on any atom is 0.363 e. The fraction of sp³-hybridized carbons (Fsp3) is 0.0435. The van der Waals surface area contributed by atoms with Crippen LogP contribution in [0.5, 0.6) is 0 Å². The fourth-order valence-electron chi connectivity index (χ4n) is 3.01.